The predicted molar refractivity (Wildman–Crippen MR) is 186 cm³/mol. The van der Waals surface area contributed by atoms with E-state index in [-0.39, 0.29) is 5.41 Å². The molecule has 7 aromatic rings. The van der Waals surface area contributed by atoms with Crippen molar-refractivity contribution >= 4 is 0 Å². The maximum atomic E-state index is 6.57. The van der Waals surface area contributed by atoms with Gasteiger partial charge in [-0.2, -0.15) is 0 Å². The van der Waals surface area contributed by atoms with E-state index in [2.05, 4.69) is 79.5 Å². The number of rotatable bonds is 4. The zero-order valence-corrected chi connectivity index (χ0v) is 25.9. The largest absolute Gasteiger partial charge is 0.450 e. The van der Waals surface area contributed by atoms with Crippen molar-refractivity contribution < 1.29 is 9.47 Å². The number of nitrogens with zero attached hydrogens (tertiary/aromatic N) is 3. The van der Waals surface area contributed by atoms with Gasteiger partial charge in [0.15, 0.2) is 28.8 Å². The molecular formula is C42H29N3O2. The molecule has 0 saturated heterocycles. The third-order valence-electron chi connectivity index (χ3n) is 9.20. The average molecular weight is 608 g/mol. The smallest absolute Gasteiger partial charge is 0.170 e. The summed E-state index contributed by atoms with van der Waals surface area (Å²) in [6.07, 6.45) is 1.81. The van der Waals surface area contributed by atoms with Crippen LogP contribution in [-0.4, -0.2) is 15.0 Å². The van der Waals surface area contributed by atoms with Crippen molar-refractivity contribution in [3.05, 3.63) is 151 Å². The van der Waals surface area contributed by atoms with Gasteiger partial charge in [0, 0.05) is 33.9 Å². The molecule has 9 rings (SSSR count). The highest BCUT2D eigenvalue weighted by Crippen LogP contribution is 2.55. The van der Waals surface area contributed by atoms with Crippen molar-refractivity contribution in [2.75, 3.05) is 0 Å². The van der Waals surface area contributed by atoms with E-state index in [1.165, 1.54) is 22.3 Å². The molecule has 1 aliphatic heterocycles. The Morgan fingerprint density at radius 3 is 1.98 bits per heavy atom. The molecule has 47 heavy (non-hydrogen) atoms. The van der Waals surface area contributed by atoms with E-state index in [0.29, 0.717) is 23.1 Å². The molecule has 0 amide bonds. The van der Waals surface area contributed by atoms with Crippen molar-refractivity contribution in [3.63, 3.8) is 0 Å². The Kier molecular flexibility index (Phi) is 6.09. The third-order valence-corrected chi connectivity index (χ3v) is 9.20. The van der Waals surface area contributed by atoms with Crippen LogP contribution in [0.3, 0.4) is 0 Å². The first-order chi connectivity index (χ1) is 23.0. The normalized spacial score (nSPS) is 13.4. The molecule has 0 fully saturated rings. The lowest BCUT2D eigenvalue weighted by Crippen LogP contribution is -2.15. The van der Waals surface area contributed by atoms with Crippen molar-refractivity contribution in [2.24, 2.45) is 0 Å². The fourth-order valence-electron chi connectivity index (χ4n) is 6.77. The van der Waals surface area contributed by atoms with Gasteiger partial charge in [-0.15, -0.1) is 0 Å². The quantitative estimate of drug-likeness (QED) is 0.199. The minimum atomic E-state index is -0.118. The first-order valence-electron chi connectivity index (χ1n) is 15.8. The number of pyridine rings is 1. The van der Waals surface area contributed by atoms with Crippen LogP contribution in [0.4, 0.5) is 0 Å². The van der Waals surface area contributed by atoms with Crippen molar-refractivity contribution in [1.29, 1.82) is 0 Å². The fraction of sp³-hybridized carbons (Fsp3) is 0.0714. The molecule has 0 unspecified atom stereocenters. The Morgan fingerprint density at radius 2 is 1.13 bits per heavy atom. The Bertz CT molecular complexity index is 2330. The summed E-state index contributed by atoms with van der Waals surface area (Å²) in [5.74, 6) is 3.40. The van der Waals surface area contributed by atoms with Gasteiger partial charge in [0.1, 0.15) is 0 Å². The van der Waals surface area contributed by atoms with Crippen LogP contribution in [0.1, 0.15) is 25.0 Å². The van der Waals surface area contributed by atoms with E-state index in [1.54, 1.807) is 6.20 Å². The van der Waals surface area contributed by atoms with Gasteiger partial charge in [0.05, 0.1) is 17.1 Å². The molecular weight excluding hydrogens is 578 g/mol. The molecule has 5 aromatic carbocycles. The summed E-state index contributed by atoms with van der Waals surface area (Å²) in [6.45, 7) is 4.53. The van der Waals surface area contributed by atoms with Gasteiger partial charge in [0.2, 0.25) is 0 Å². The Labute approximate surface area is 273 Å². The van der Waals surface area contributed by atoms with E-state index in [1.807, 2.05) is 72.8 Å². The number of ether oxygens (including phenoxy) is 2. The fourth-order valence-corrected chi connectivity index (χ4v) is 6.77. The highest BCUT2D eigenvalue weighted by Gasteiger charge is 2.37. The maximum absolute atomic E-state index is 6.57. The number of fused-ring (bicyclic) bond motifs is 5. The van der Waals surface area contributed by atoms with Crippen LogP contribution >= 0.6 is 0 Å². The van der Waals surface area contributed by atoms with Gasteiger partial charge >= 0.3 is 0 Å². The second-order valence-electron chi connectivity index (χ2n) is 12.5. The van der Waals surface area contributed by atoms with E-state index in [4.69, 9.17) is 19.4 Å². The minimum Gasteiger partial charge on any atom is -0.450 e. The molecule has 5 nitrogen and oxygen atoms in total. The van der Waals surface area contributed by atoms with Gasteiger partial charge in [0.25, 0.3) is 0 Å². The first-order valence-corrected chi connectivity index (χ1v) is 15.8. The molecule has 0 saturated carbocycles. The van der Waals surface area contributed by atoms with Crippen molar-refractivity contribution in [1.82, 2.24) is 15.0 Å². The van der Waals surface area contributed by atoms with Gasteiger partial charge in [-0.3, -0.25) is 4.98 Å². The molecule has 0 spiro atoms. The maximum Gasteiger partial charge on any atom is 0.170 e. The van der Waals surface area contributed by atoms with Crippen molar-refractivity contribution in [3.8, 4) is 79.3 Å². The van der Waals surface area contributed by atoms with Crippen LogP contribution in [0.2, 0.25) is 0 Å². The zero-order chi connectivity index (χ0) is 31.5. The summed E-state index contributed by atoms with van der Waals surface area (Å²) in [7, 11) is 0. The molecule has 0 radical (unpaired) electrons. The van der Waals surface area contributed by atoms with Gasteiger partial charge in [-0.25, -0.2) is 9.97 Å². The van der Waals surface area contributed by atoms with Crippen LogP contribution < -0.4 is 9.47 Å². The lowest BCUT2D eigenvalue weighted by atomic mass is 9.82. The van der Waals surface area contributed by atoms with E-state index in [9.17, 15) is 0 Å². The SMILES string of the molecule is CC1(C)c2ccccc2-c2cc3c(cc21)Oc1ccc(-c2cc(-c4ccccc4)nc(-c4cccc(-c5ccccn5)c4)n2)cc1O3. The Morgan fingerprint density at radius 1 is 0.447 bits per heavy atom. The first kappa shape index (κ1) is 27.3. The minimum absolute atomic E-state index is 0.118. The predicted octanol–water partition coefficient (Wildman–Crippen LogP) is 10.7. The van der Waals surface area contributed by atoms with Crippen molar-refractivity contribution in [2.45, 2.75) is 19.3 Å². The number of hydrogen-bond donors (Lipinski definition) is 0. The second kappa shape index (κ2) is 10.5. The van der Waals surface area contributed by atoms with Crippen LogP contribution in [-0.2, 0) is 5.41 Å². The highest BCUT2D eigenvalue weighted by molar-refractivity contribution is 5.84. The number of benzene rings is 5. The summed E-state index contributed by atoms with van der Waals surface area (Å²) in [5.41, 5.74) is 11.2. The van der Waals surface area contributed by atoms with Crippen LogP contribution in [0, 0.1) is 0 Å². The molecule has 1 aliphatic carbocycles. The Hall–Kier alpha value is -6.07. The second-order valence-corrected chi connectivity index (χ2v) is 12.5. The number of hydrogen-bond acceptors (Lipinski definition) is 5. The van der Waals surface area contributed by atoms with E-state index >= 15 is 0 Å². The summed E-state index contributed by atoms with van der Waals surface area (Å²) < 4.78 is 13.0. The van der Waals surface area contributed by atoms with Gasteiger partial charge in [-0.05, 0) is 76.9 Å². The standard InChI is InChI=1S/C42H29N3O2/c1-42(2)32-16-7-6-15-30(32)31-23-39-40(24-33(31)42)46-37-19-18-28(22-38(37)47-39)36-25-35(26-11-4-3-5-12-26)44-41(45-36)29-14-10-13-27(21-29)34-17-8-9-20-43-34/h3-25H,1-2H3. The molecule has 224 valence electrons. The van der Waals surface area contributed by atoms with Gasteiger partial charge in [-0.1, -0.05) is 92.7 Å². The summed E-state index contributed by atoms with van der Waals surface area (Å²) in [5, 5.41) is 0. The summed E-state index contributed by atoms with van der Waals surface area (Å²) in [6, 6.07) is 45.2. The summed E-state index contributed by atoms with van der Waals surface area (Å²) in [4.78, 5) is 14.7. The molecule has 3 heterocycles. The van der Waals surface area contributed by atoms with Gasteiger partial charge < -0.3 is 9.47 Å². The van der Waals surface area contributed by atoms with E-state index < -0.39 is 0 Å². The third kappa shape index (κ3) is 4.59. The van der Waals surface area contributed by atoms with Crippen LogP contribution in [0.25, 0.3) is 56.3 Å². The van der Waals surface area contributed by atoms with E-state index in [0.717, 1.165) is 45.1 Å². The highest BCUT2D eigenvalue weighted by atomic mass is 16.6. The summed E-state index contributed by atoms with van der Waals surface area (Å²) >= 11 is 0. The lowest BCUT2D eigenvalue weighted by molar-refractivity contribution is 0.359. The molecule has 5 heteroatoms. The van der Waals surface area contributed by atoms with Crippen LogP contribution in [0.5, 0.6) is 23.0 Å². The number of aromatic nitrogens is 3. The lowest BCUT2D eigenvalue weighted by Gasteiger charge is -2.25. The monoisotopic (exact) mass is 607 g/mol. The molecule has 2 aromatic heterocycles. The van der Waals surface area contributed by atoms with Crippen LogP contribution in [0.15, 0.2) is 140 Å². The molecule has 0 bridgehead atoms. The molecule has 0 N–H and O–H groups in total. The molecule has 2 aliphatic rings. The average Bonchev–Trinajstić information content (AvgIpc) is 3.35. The Balaban J connectivity index is 1.13. The zero-order valence-electron chi connectivity index (χ0n) is 25.9. The topological polar surface area (TPSA) is 57.1 Å². The molecule has 0 atom stereocenters.